The number of carbonyl (C=O) groups excluding carboxylic acids is 1. The normalized spacial score (nSPS) is 20.6. The molecule has 0 amide bonds. The van der Waals surface area contributed by atoms with E-state index in [1.165, 1.54) is 0 Å². The van der Waals surface area contributed by atoms with E-state index in [4.69, 9.17) is 14.6 Å². The molecule has 2 aliphatic rings. The van der Waals surface area contributed by atoms with E-state index in [0.717, 1.165) is 25.1 Å². The third-order valence-corrected chi connectivity index (χ3v) is 3.37. The van der Waals surface area contributed by atoms with E-state index < -0.39 is 0 Å². The fourth-order valence-electron chi connectivity index (χ4n) is 2.05. The maximum Gasteiger partial charge on any atom is 0.177 e. The fourth-order valence-corrected chi connectivity index (χ4v) is 2.05. The van der Waals surface area contributed by atoms with Crippen LogP contribution in [0.5, 0.6) is 0 Å². The van der Waals surface area contributed by atoms with E-state index in [0.29, 0.717) is 36.5 Å². The molecule has 2 rings (SSSR count). The number of allylic oxidation sites excluding steroid dienone is 3. The quantitative estimate of drug-likeness (QED) is 0.594. The van der Waals surface area contributed by atoms with E-state index in [1.807, 2.05) is 13.1 Å². The Morgan fingerprint density at radius 3 is 3.14 bits per heavy atom. The maximum atomic E-state index is 11.1. The zero-order chi connectivity index (χ0) is 15.1. The molecule has 1 N–H and O–H groups in total. The molecule has 1 aliphatic heterocycles. The number of nitrogens with zero attached hydrogens (tertiary/aromatic N) is 1. The van der Waals surface area contributed by atoms with Crippen LogP contribution in [0.3, 0.4) is 0 Å². The Morgan fingerprint density at radius 1 is 1.57 bits per heavy atom. The highest BCUT2D eigenvalue weighted by Gasteiger charge is 2.12. The molecule has 0 aromatic heterocycles. The Bertz CT molecular complexity index is 548. The lowest BCUT2D eigenvalue weighted by atomic mass is 10.1. The second kappa shape index (κ2) is 7.67. The van der Waals surface area contributed by atoms with Gasteiger partial charge in [0.1, 0.15) is 6.61 Å². The summed E-state index contributed by atoms with van der Waals surface area (Å²) >= 11 is 0. The number of morpholine rings is 1. The number of hydrogen-bond acceptors (Lipinski definition) is 5. The molecular formula is C16H19NO4. The van der Waals surface area contributed by atoms with Crippen molar-refractivity contribution in [3.63, 3.8) is 0 Å². The molecule has 0 atom stereocenters. The Hall–Kier alpha value is -2.03. The maximum absolute atomic E-state index is 11.1. The smallest absolute Gasteiger partial charge is 0.177 e. The first kappa shape index (κ1) is 15.4. The molecule has 0 aromatic rings. The molecule has 5 nitrogen and oxygen atoms in total. The van der Waals surface area contributed by atoms with Gasteiger partial charge in [0.05, 0.1) is 19.8 Å². The van der Waals surface area contributed by atoms with Gasteiger partial charge in [0, 0.05) is 31.3 Å². The third-order valence-electron chi connectivity index (χ3n) is 3.37. The Kier molecular flexibility index (Phi) is 5.61. The van der Waals surface area contributed by atoms with Crippen LogP contribution < -0.4 is 0 Å². The largest absolute Gasteiger partial charge is 0.481 e. The zero-order valence-electron chi connectivity index (χ0n) is 12.1. The van der Waals surface area contributed by atoms with Crippen molar-refractivity contribution in [1.29, 1.82) is 0 Å². The molecule has 112 valence electrons. The van der Waals surface area contributed by atoms with E-state index >= 15 is 0 Å². The van der Waals surface area contributed by atoms with E-state index in [-0.39, 0.29) is 6.61 Å². The van der Waals surface area contributed by atoms with Gasteiger partial charge in [-0.25, -0.2) is 0 Å². The molecule has 0 bridgehead atoms. The average molecular weight is 289 g/mol. The first-order valence-corrected chi connectivity index (χ1v) is 6.84. The number of aliphatic hydroxyl groups is 1. The van der Waals surface area contributed by atoms with Gasteiger partial charge in [-0.1, -0.05) is 5.92 Å². The first-order valence-electron chi connectivity index (χ1n) is 6.84. The van der Waals surface area contributed by atoms with E-state index in [1.54, 1.807) is 6.08 Å². The summed E-state index contributed by atoms with van der Waals surface area (Å²) in [4.78, 5) is 13.3. The van der Waals surface area contributed by atoms with Crippen LogP contribution >= 0.6 is 0 Å². The van der Waals surface area contributed by atoms with Crippen LogP contribution in [-0.4, -0.2) is 56.3 Å². The van der Waals surface area contributed by atoms with Crippen molar-refractivity contribution >= 4 is 6.29 Å². The molecule has 0 radical (unpaired) electrons. The van der Waals surface area contributed by atoms with Crippen LogP contribution in [0.1, 0.15) is 6.42 Å². The number of carbonyl (C=O) groups is 1. The number of ether oxygens (including phenoxy) is 2. The van der Waals surface area contributed by atoms with Crippen molar-refractivity contribution in [1.82, 2.24) is 4.90 Å². The minimum absolute atomic E-state index is 0.106. The van der Waals surface area contributed by atoms with Crippen molar-refractivity contribution in [2.45, 2.75) is 6.42 Å². The molecule has 0 aromatic carbocycles. The van der Waals surface area contributed by atoms with Crippen LogP contribution in [0, 0.1) is 11.8 Å². The zero-order valence-corrected chi connectivity index (χ0v) is 12.1. The summed E-state index contributed by atoms with van der Waals surface area (Å²) in [5.41, 5.74) is 2.24. The van der Waals surface area contributed by atoms with Crippen LogP contribution in [-0.2, 0) is 14.3 Å². The standard InChI is InChI=1S/C16H19NO4/c1-17-6-8-20-12-15(17)5-7-21-16-4-2-3-13(10-18)9-14(16)11-19/h3,5,11,18H,6-10,12H2,1H3/b15-5+. The van der Waals surface area contributed by atoms with Crippen molar-refractivity contribution in [3.8, 4) is 11.8 Å². The minimum atomic E-state index is -0.106. The van der Waals surface area contributed by atoms with Gasteiger partial charge in [-0.15, -0.1) is 0 Å². The molecule has 1 fully saturated rings. The van der Waals surface area contributed by atoms with Crippen molar-refractivity contribution in [2.75, 3.05) is 40.0 Å². The Labute approximate surface area is 124 Å². The second-order valence-corrected chi connectivity index (χ2v) is 4.86. The number of rotatable bonds is 5. The molecule has 0 saturated carbocycles. The minimum Gasteiger partial charge on any atom is -0.481 e. The topological polar surface area (TPSA) is 59.0 Å². The number of hydrogen-bond donors (Lipinski definition) is 1. The molecule has 0 unspecified atom stereocenters. The summed E-state index contributed by atoms with van der Waals surface area (Å²) in [6.45, 7) is 2.39. The van der Waals surface area contributed by atoms with Crippen molar-refractivity contribution in [2.24, 2.45) is 0 Å². The molecule has 21 heavy (non-hydrogen) atoms. The van der Waals surface area contributed by atoms with Gasteiger partial charge >= 0.3 is 0 Å². The average Bonchev–Trinajstić information content (AvgIpc) is 2.71. The van der Waals surface area contributed by atoms with E-state index in [9.17, 15) is 4.79 Å². The van der Waals surface area contributed by atoms with Crippen LogP contribution in [0.25, 0.3) is 0 Å². The SMILES string of the molecule is CN1CCOC/C1=C\COC1=C(C=O)CC(CO)=CC#C1. The molecule has 0 spiro atoms. The Morgan fingerprint density at radius 2 is 2.43 bits per heavy atom. The highest BCUT2D eigenvalue weighted by atomic mass is 16.5. The van der Waals surface area contributed by atoms with Gasteiger partial charge in [-0.2, -0.15) is 0 Å². The van der Waals surface area contributed by atoms with Crippen LogP contribution in [0.15, 0.2) is 34.8 Å². The summed E-state index contributed by atoms with van der Waals surface area (Å²) in [6, 6.07) is 0. The summed E-state index contributed by atoms with van der Waals surface area (Å²) < 4.78 is 11.0. The fraction of sp³-hybridized carbons (Fsp3) is 0.438. The molecule has 1 saturated heterocycles. The molecule has 1 aliphatic carbocycles. The summed E-state index contributed by atoms with van der Waals surface area (Å²) in [5, 5.41) is 9.15. The molecule has 1 heterocycles. The van der Waals surface area contributed by atoms with Gasteiger partial charge < -0.3 is 19.5 Å². The van der Waals surface area contributed by atoms with Crippen LogP contribution in [0.2, 0.25) is 0 Å². The highest BCUT2D eigenvalue weighted by Crippen LogP contribution is 2.17. The van der Waals surface area contributed by atoms with Crippen LogP contribution in [0.4, 0.5) is 0 Å². The second-order valence-electron chi connectivity index (χ2n) is 4.86. The summed E-state index contributed by atoms with van der Waals surface area (Å²) in [7, 11) is 2.01. The van der Waals surface area contributed by atoms with Gasteiger partial charge in [-0.05, 0) is 23.6 Å². The van der Waals surface area contributed by atoms with E-state index in [2.05, 4.69) is 16.7 Å². The lowest BCUT2D eigenvalue weighted by Crippen LogP contribution is -2.31. The third kappa shape index (κ3) is 4.22. The summed E-state index contributed by atoms with van der Waals surface area (Å²) in [6.07, 6.45) is 4.65. The van der Waals surface area contributed by atoms with Gasteiger partial charge in [0.2, 0.25) is 0 Å². The van der Waals surface area contributed by atoms with Gasteiger partial charge in [0.25, 0.3) is 0 Å². The van der Waals surface area contributed by atoms with Crippen molar-refractivity contribution < 1.29 is 19.4 Å². The summed E-state index contributed by atoms with van der Waals surface area (Å²) in [5.74, 6) is 5.98. The highest BCUT2D eigenvalue weighted by molar-refractivity contribution is 5.77. The number of aldehydes is 1. The number of likely N-dealkylation sites (N-methyl/N-ethyl adjacent to an activating group) is 1. The lowest BCUT2D eigenvalue weighted by molar-refractivity contribution is -0.105. The van der Waals surface area contributed by atoms with Gasteiger partial charge in [-0.3, -0.25) is 4.79 Å². The lowest BCUT2D eigenvalue weighted by Gasteiger charge is -2.27. The monoisotopic (exact) mass is 289 g/mol. The van der Waals surface area contributed by atoms with Gasteiger partial charge in [0.15, 0.2) is 12.0 Å². The molecule has 5 heteroatoms. The first-order chi connectivity index (χ1) is 10.2. The van der Waals surface area contributed by atoms with Crippen molar-refractivity contribution in [3.05, 3.63) is 34.8 Å². The predicted molar refractivity (Wildman–Crippen MR) is 78.1 cm³/mol. The Balaban J connectivity index is 2.00. The molecular weight excluding hydrogens is 270 g/mol. The number of aliphatic hydroxyl groups excluding tert-OH is 1. The predicted octanol–water partition coefficient (Wildman–Crippen LogP) is 0.628.